The molecule has 4 rings (SSSR count). The van der Waals surface area contributed by atoms with E-state index in [9.17, 15) is 0 Å². The first kappa shape index (κ1) is 19.6. The lowest BCUT2D eigenvalue weighted by Crippen LogP contribution is -2.49. The molecule has 1 aliphatic rings. The molecule has 0 spiro atoms. The molecule has 1 fully saturated rings. The Hall–Kier alpha value is -2.69. The fourth-order valence-electron chi connectivity index (χ4n) is 3.98. The molecule has 0 amide bonds. The zero-order valence-corrected chi connectivity index (χ0v) is 17.5. The average Bonchev–Trinajstić information content (AvgIpc) is 2.81. The highest BCUT2D eigenvalue weighted by molar-refractivity contribution is 7.80. The Morgan fingerprint density at radius 3 is 1.76 bits per heavy atom. The predicted octanol–water partition coefficient (Wildman–Crippen LogP) is 4.78. The molecule has 0 saturated carbocycles. The normalized spacial score (nSPS) is 14.8. The van der Waals surface area contributed by atoms with E-state index in [4.69, 9.17) is 17.0 Å². The molecular formula is C25H26N2OS. The van der Waals surface area contributed by atoms with Crippen LogP contribution in [-0.2, 0) is 0 Å². The molecule has 0 N–H and O–H groups in total. The smallest absolute Gasteiger partial charge is 0.118 e. The molecular weight excluding hydrogens is 376 g/mol. The van der Waals surface area contributed by atoms with Gasteiger partial charge in [0.1, 0.15) is 10.7 Å². The maximum atomic E-state index is 5.78. The highest BCUT2D eigenvalue weighted by Gasteiger charge is 2.27. The van der Waals surface area contributed by atoms with E-state index in [1.54, 1.807) is 7.11 Å². The topological polar surface area (TPSA) is 15.7 Å². The van der Waals surface area contributed by atoms with Crippen LogP contribution in [-0.4, -0.2) is 48.1 Å². The van der Waals surface area contributed by atoms with Gasteiger partial charge in [-0.05, 0) is 35.4 Å². The molecule has 0 radical (unpaired) electrons. The second-order valence-corrected chi connectivity index (χ2v) is 7.67. The van der Waals surface area contributed by atoms with Gasteiger partial charge in [-0.2, -0.15) is 0 Å². The van der Waals surface area contributed by atoms with Crippen molar-refractivity contribution in [2.24, 2.45) is 0 Å². The van der Waals surface area contributed by atoms with Crippen molar-refractivity contribution in [1.82, 2.24) is 9.80 Å². The van der Waals surface area contributed by atoms with Gasteiger partial charge in [-0.3, -0.25) is 4.90 Å². The monoisotopic (exact) mass is 402 g/mol. The van der Waals surface area contributed by atoms with Crippen LogP contribution in [0.1, 0.15) is 22.7 Å². The number of hydrogen-bond donors (Lipinski definition) is 0. The molecule has 1 saturated heterocycles. The van der Waals surface area contributed by atoms with Crippen LogP contribution in [0.25, 0.3) is 0 Å². The van der Waals surface area contributed by atoms with Gasteiger partial charge in [0.25, 0.3) is 0 Å². The van der Waals surface area contributed by atoms with Gasteiger partial charge in [0.2, 0.25) is 0 Å². The molecule has 0 atom stereocenters. The average molecular weight is 403 g/mol. The Bertz CT molecular complexity index is 881. The van der Waals surface area contributed by atoms with Gasteiger partial charge in [-0.1, -0.05) is 72.9 Å². The maximum Gasteiger partial charge on any atom is 0.118 e. The minimum atomic E-state index is 0.272. The first-order chi connectivity index (χ1) is 14.3. The summed E-state index contributed by atoms with van der Waals surface area (Å²) in [7, 11) is 1.68. The molecule has 0 bridgehead atoms. The second kappa shape index (κ2) is 9.21. The molecule has 3 aromatic rings. The molecule has 29 heavy (non-hydrogen) atoms. The maximum absolute atomic E-state index is 5.78. The summed E-state index contributed by atoms with van der Waals surface area (Å²) in [6.45, 7) is 3.82. The fraction of sp³-hybridized carbons (Fsp3) is 0.240. The summed E-state index contributed by atoms with van der Waals surface area (Å²) in [6, 6.07) is 29.9. The summed E-state index contributed by atoms with van der Waals surface area (Å²) in [6.07, 6.45) is 0. The van der Waals surface area contributed by atoms with Gasteiger partial charge < -0.3 is 9.64 Å². The van der Waals surface area contributed by atoms with Crippen LogP contribution in [0.15, 0.2) is 84.9 Å². The van der Waals surface area contributed by atoms with Crippen molar-refractivity contribution < 1.29 is 4.74 Å². The number of ether oxygens (including phenoxy) is 1. The number of hydrogen-bond acceptors (Lipinski definition) is 3. The van der Waals surface area contributed by atoms with E-state index in [1.165, 1.54) is 11.1 Å². The lowest BCUT2D eigenvalue weighted by molar-refractivity contribution is 0.152. The third kappa shape index (κ3) is 4.50. The summed E-state index contributed by atoms with van der Waals surface area (Å²) < 4.78 is 5.26. The van der Waals surface area contributed by atoms with E-state index in [-0.39, 0.29) is 6.04 Å². The number of benzene rings is 3. The summed E-state index contributed by atoms with van der Waals surface area (Å²) in [5.41, 5.74) is 3.76. The number of nitrogens with zero attached hydrogens (tertiary/aromatic N) is 2. The van der Waals surface area contributed by atoms with Gasteiger partial charge in [0.05, 0.1) is 13.2 Å². The van der Waals surface area contributed by atoms with Crippen molar-refractivity contribution in [2.45, 2.75) is 6.04 Å². The van der Waals surface area contributed by atoms with Gasteiger partial charge >= 0.3 is 0 Å². The zero-order chi connectivity index (χ0) is 20.1. The third-order valence-corrected chi connectivity index (χ3v) is 6.03. The van der Waals surface area contributed by atoms with Crippen molar-refractivity contribution in [3.8, 4) is 5.75 Å². The molecule has 0 unspecified atom stereocenters. The lowest BCUT2D eigenvalue weighted by atomic mass is 9.96. The molecule has 0 aliphatic carbocycles. The lowest BCUT2D eigenvalue weighted by Gasteiger charge is -2.40. The summed E-state index contributed by atoms with van der Waals surface area (Å²) in [4.78, 5) is 5.81. The fourth-order valence-corrected chi connectivity index (χ4v) is 4.30. The highest BCUT2D eigenvalue weighted by atomic mass is 32.1. The van der Waals surface area contributed by atoms with E-state index in [0.717, 1.165) is 42.5 Å². The van der Waals surface area contributed by atoms with Gasteiger partial charge in [0, 0.05) is 31.7 Å². The van der Waals surface area contributed by atoms with Crippen molar-refractivity contribution in [3.05, 3.63) is 102 Å². The molecule has 3 nitrogen and oxygen atoms in total. The Kier molecular flexibility index (Phi) is 6.23. The Balaban J connectivity index is 1.48. The van der Waals surface area contributed by atoms with Crippen LogP contribution in [0, 0.1) is 0 Å². The predicted molar refractivity (Wildman–Crippen MR) is 123 cm³/mol. The highest BCUT2D eigenvalue weighted by Crippen LogP contribution is 2.29. The minimum Gasteiger partial charge on any atom is -0.497 e. The SMILES string of the molecule is COc1ccc(C(=S)N2CCN(C(c3ccccc3)c3ccccc3)CC2)cc1. The molecule has 148 valence electrons. The quantitative estimate of drug-likeness (QED) is 0.571. The van der Waals surface area contributed by atoms with E-state index >= 15 is 0 Å². The van der Waals surface area contributed by atoms with Gasteiger partial charge in [0.15, 0.2) is 0 Å². The second-order valence-electron chi connectivity index (χ2n) is 7.28. The molecule has 1 aliphatic heterocycles. The standard InChI is InChI=1S/C25H26N2OS/c1-28-23-14-12-22(13-15-23)25(29)27-18-16-26(17-19-27)24(20-8-4-2-5-9-20)21-10-6-3-7-11-21/h2-15,24H,16-19H2,1H3. The van der Waals surface area contributed by atoms with Crippen LogP contribution < -0.4 is 4.74 Å². The molecule has 0 aromatic heterocycles. The Labute approximate surface area is 178 Å². The summed E-state index contributed by atoms with van der Waals surface area (Å²) in [5, 5.41) is 0. The summed E-state index contributed by atoms with van der Waals surface area (Å²) in [5.74, 6) is 0.856. The van der Waals surface area contributed by atoms with Crippen molar-refractivity contribution in [2.75, 3.05) is 33.3 Å². The Morgan fingerprint density at radius 2 is 1.28 bits per heavy atom. The van der Waals surface area contributed by atoms with Crippen LogP contribution in [0.3, 0.4) is 0 Å². The minimum absolute atomic E-state index is 0.272. The van der Waals surface area contributed by atoms with Crippen LogP contribution in [0.4, 0.5) is 0 Å². The zero-order valence-electron chi connectivity index (χ0n) is 16.7. The van der Waals surface area contributed by atoms with Crippen LogP contribution in [0.2, 0.25) is 0 Å². The van der Waals surface area contributed by atoms with Crippen molar-refractivity contribution in [1.29, 1.82) is 0 Å². The van der Waals surface area contributed by atoms with Crippen LogP contribution >= 0.6 is 12.2 Å². The number of methoxy groups -OCH3 is 1. The van der Waals surface area contributed by atoms with Gasteiger partial charge in [-0.15, -0.1) is 0 Å². The largest absolute Gasteiger partial charge is 0.497 e. The van der Waals surface area contributed by atoms with Gasteiger partial charge in [-0.25, -0.2) is 0 Å². The molecule has 1 heterocycles. The Morgan fingerprint density at radius 1 is 0.759 bits per heavy atom. The van der Waals surface area contributed by atoms with E-state index in [2.05, 4.69) is 70.5 Å². The van der Waals surface area contributed by atoms with E-state index < -0.39 is 0 Å². The summed E-state index contributed by atoms with van der Waals surface area (Å²) >= 11 is 5.78. The van der Waals surface area contributed by atoms with E-state index in [0.29, 0.717) is 0 Å². The number of rotatable bonds is 5. The first-order valence-electron chi connectivity index (χ1n) is 10.0. The van der Waals surface area contributed by atoms with Crippen molar-refractivity contribution >= 4 is 17.2 Å². The van der Waals surface area contributed by atoms with E-state index in [1.807, 2.05) is 24.3 Å². The number of piperazine rings is 1. The van der Waals surface area contributed by atoms with Crippen molar-refractivity contribution in [3.63, 3.8) is 0 Å². The molecule has 3 aromatic carbocycles. The first-order valence-corrected chi connectivity index (χ1v) is 10.4. The third-order valence-electron chi connectivity index (χ3n) is 5.53. The van der Waals surface area contributed by atoms with Crippen LogP contribution in [0.5, 0.6) is 5.75 Å². The molecule has 4 heteroatoms. The number of thiocarbonyl (C=S) groups is 1.